The molecule has 6 nitrogen and oxygen atoms in total. The van der Waals surface area contributed by atoms with Crippen molar-refractivity contribution in [1.82, 2.24) is 0 Å². The predicted octanol–water partition coefficient (Wildman–Crippen LogP) is 1.66. The van der Waals surface area contributed by atoms with Gasteiger partial charge in [-0.05, 0) is 18.1 Å². The van der Waals surface area contributed by atoms with Gasteiger partial charge in [0.25, 0.3) is 5.69 Å². The number of rotatable bonds is 4. The number of halogens is 3. The van der Waals surface area contributed by atoms with E-state index in [9.17, 15) is 28.1 Å². The third-order valence-corrected chi connectivity index (χ3v) is 2.48. The normalized spacial score (nSPS) is 12.8. The summed E-state index contributed by atoms with van der Waals surface area (Å²) >= 11 is 0. The summed E-state index contributed by atoms with van der Waals surface area (Å²) < 4.78 is 42.2. The van der Waals surface area contributed by atoms with Crippen LogP contribution < -0.4 is 5.73 Å². The highest BCUT2D eigenvalue weighted by Gasteiger charge is 2.33. The average molecular weight is 292 g/mol. The van der Waals surface area contributed by atoms with Gasteiger partial charge >= 0.3 is 12.1 Å². The van der Waals surface area contributed by atoms with Gasteiger partial charge in [-0.25, -0.2) is 0 Å². The molecule has 1 aromatic carbocycles. The van der Waals surface area contributed by atoms with Crippen molar-refractivity contribution in [3.63, 3.8) is 0 Å². The van der Waals surface area contributed by atoms with Crippen LogP contribution in [-0.2, 0) is 22.1 Å². The number of nitrogens with two attached hydrogens (primary N) is 1. The quantitative estimate of drug-likeness (QED) is 0.517. The number of non-ortho nitro benzene ring substituents is 1. The third kappa shape index (κ3) is 3.92. The lowest BCUT2D eigenvalue weighted by Gasteiger charge is -2.12. The fourth-order valence-corrected chi connectivity index (χ4v) is 1.55. The maximum Gasteiger partial charge on any atom is 0.416 e. The van der Waals surface area contributed by atoms with E-state index < -0.39 is 34.4 Å². The average Bonchev–Trinajstić information content (AvgIpc) is 2.36. The zero-order valence-corrected chi connectivity index (χ0v) is 10.3. The third-order valence-electron chi connectivity index (χ3n) is 2.48. The first-order chi connectivity index (χ1) is 9.15. The smallest absolute Gasteiger partial charge is 0.416 e. The molecular formula is C11H11F3N2O4. The van der Waals surface area contributed by atoms with E-state index in [1.807, 2.05) is 0 Å². The molecule has 1 aromatic rings. The van der Waals surface area contributed by atoms with Gasteiger partial charge < -0.3 is 10.5 Å². The van der Waals surface area contributed by atoms with Gasteiger partial charge in [0.05, 0.1) is 17.6 Å². The number of hydrogen-bond donors (Lipinski definition) is 1. The molecule has 0 aliphatic rings. The monoisotopic (exact) mass is 292 g/mol. The zero-order valence-electron chi connectivity index (χ0n) is 10.3. The topological polar surface area (TPSA) is 95.5 Å². The van der Waals surface area contributed by atoms with Gasteiger partial charge in [-0.15, -0.1) is 0 Å². The Bertz CT molecular complexity index is 531. The van der Waals surface area contributed by atoms with Crippen LogP contribution in [0.2, 0.25) is 0 Å². The van der Waals surface area contributed by atoms with Crippen LogP contribution in [0.3, 0.4) is 0 Å². The van der Waals surface area contributed by atoms with Crippen molar-refractivity contribution < 1.29 is 27.6 Å². The van der Waals surface area contributed by atoms with Gasteiger partial charge in [0.2, 0.25) is 0 Å². The van der Waals surface area contributed by atoms with Crippen molar-refractivity contribution in [2.24, 2.45) is 5.73 Å². The van der Waals surface area contributed by atoms with Gasteiger partial charge in [0, 0.05) is 12.1 Å². The summed E-state index contributed by atoms with van der Waals surface area (Å²) in [6, 6.07) is 0.893. The van der Waals surface area contributed by atoms with Crippen LogP contribution in [-0.4, -0.2) is 24.0 Å². The molecule has 0 radical (unpaired) electrons. The van der Waals surface area contributed by atoms with E-state index in [2.05, 4.69) is 4.74 Å². The molecule has 0 aliphatic heterocycles. The minimum Gasteiger partial charge on any atom is -0.468 e. The Balaban J connectivity index is 3.16. The Morgan fingerprint density at radius 2 is 2.05 bits per heavy atom. The molecule has 1 atom stereocenters. The van der Waals surface area contributed by atoms with Gasteiger partial charge in [0.1, 0.15) is 6.04 Å². The summed E-state index contributed by atoms with van der Waals surface area (Å²) in [5, 5.41) is 10.6. The number of nitro benzene ring substituents is 1. The van der Waals surface area contributed by atoms with Crippen LogP contribution in [0, 0.1) is 10.1 Å². The Morgan fingerprint density at radius 1 is 1.45 bits per heavy atom. The van der Waals surface area contributed by atoms with Crippen LogP contribution in [0.5, 0.6) is 0 Å². The molecule has 0 bridgehead atoms. The molecule has 0 spiro atoms. The molecule has 0 amide bonds. The Labute approximate surface area is 111 Å². The minimum absolute atomic E-state index is 0.0653. The van der Waals surface area contributed by atoms with Gasteiger partial charge in [0.15, 0.2) is 0 Å². The van der Waals surface area contributed by atoms with Crippen molar-refractivity contribution >= 4 is 11.7 Å². The number of methoxy groups -OCH3 is 1. The SMILES string of the molecule is COC(=O)[C@@H](N)Cc1cc([N+](=O)[O-])cc(C(F)(F)F)c1. The second-order valence-corrected chi connectivity index (χ2v) is 3.98. The largest absolute Gasteiger partial charge is 0.468 e. The molecule has 110 valence electrons. The minimum atomic E-state index is -4.73. The molecule has 1 rings (SSSR count). The maximum absolute atomic E-state index is 12.6. The van der Waals surface area contributed by atoms with Crippen molar-refractivity contribution in [2.75, 3.05) is 7.11 Å². The molecule has 9 heteroatoms. The van der Waals surface area contributed by atoms with Crippen molar-refractivity contribution in [3.05, 3.63) is 39.4 Å². The molecule has 0 fully saturated rings. The van der Waals surface area contributed by atoms with Crippen LogP contribution in [0.25, 0.3) is 0 Å². The number of nitrogens with zero attached hydrogens (tertiary/aromatic N) is 1. The molecule has 0 saturated heterocycles. The molecule has 0 aromatic heterocycles. The second kappa shape index (κ2) is 5.87. The van der Waals surface area contributed by atoms with Crippen LogP contribution >= 0.6 is 0 Å². The van der Waals surface area contributed by atoms with E-state index in [0.717, 1.165) is 19.2 Å². The maximum atomic E-state index is 12.6. The number of nitro groups is 1. The first-order valence-electron chi connectivity index (χ1n) is 5.34. The number of carbonyl (C=O) groups is 1. The highest BCUT2D eigenvalue weighted by molar-refractivity contribution is 5.75. The number of ether oxygens (including phenoxy) is 1. The number of carbonyl (C=O) groups excluding carboxylic acids is 1. The lowest BCUT2D eigenvalue weighted by Crippen LogP contribution is -2.33. The number of alkyl halides is 3. The summed E-state index contributed by atoms with van der Waals surface area (Å²) in [6.07, 6.45) is -5.02. The second-order valence-electron chi connectivity index (χ2n) is 3.98. The highest BCUT2D eigenvalue weighted by Crippen LogP contribution is 2.32. The van der Waals surface area contributed by atoms with Gasteiger partial charge in [-0.2, -0.15) is 13.2 Å². The fraction of sp³-hybridized carbons (Fsp3) is 0.364. The lowest BCUT2D eigenvalue weighted by atomic mass is 10.0. The van der Waals surface area contributed by atoms with Crippen molar-refractivity contribution in [3.8, 4) is 0 Å². The van der Waals surface area contributed by atoms with Crippen molar-refractivity contribution in [2.45, 2.75) is 18.6 Å². The summed E-state index contributed by atoms with van der Waals surface area (Å²) in [5.41, 5.74) is 3.47. The lowest BCUT2D eigenvalue weighted by molar-refractivity contribution is -0.385. The van der Waals surface area contributed by atoms with Crippen molar-refractivity contribution in [1.29, 1.82) is 0 Å². The number of hydrogen-bond acceptors (Lipinski definition) is 5. The highest BCUT2D eigenvalue weighted by atomic mass is 19.4. The number of esters is 1. The molecule has 0 unspecified atom stereocenters. The molecule has 20 heavy (non-hydrogen) atoms. The van der Waals surface area contributed by atoms with Gasteiger partial charge in [-0.3, -0.25) is 14.9 Å². The Kier molecular flexibility index (Phi) is 4.66. The van der Waals surface area contributed by atoms with E-state index in [4.69, 9.17) is 5.73 Å². The summed E-state index contributed by atoms with van der Waals surface area (Å²) in [7, 11) is 1.08. The zero-order chi connectivity index (χ0) is 15.5. The predicted molar refractivity (Wildman–Crippen MR) is 61.8 cm³/mol. The van der Waals surface area contributed by atoms with E-state index >= 15 is 0 Å². The van der Waals surface area contributed by atoms with Crippen LogP contribution in [0.15, 0.2) is 18.2 Å². The number of benzene rings is 1. The summed E-state index contributed by atoms with van der Waals surface area (Å²) in [6.45, 7) is 0. The standard InChI is InChI=1S/C11H11F3N2O4/c1-20-10(17)9(15)4-6-2-7(11(12,13)14)5-8(3-6)16(18)19/h2-3,5,9H,4,15H2,1H3/t9-/m0/s1. The van der Waals surface area contributed by atoms with E-state index in [1.54, 1.807) is 0 Å². The summed E-state index contributed by atoms with van der Waals surface area (Å²) in [5.74, 6) is -0.815. The Hall–Kier alpha value is -2.16. The molecule has 2 N–H and O–H groups in total. The molecule has 0 heterocycles. The molecule has 0 saturated carbocycles. The van der Waals surface area contributed by atoms with E-state index in [-0.39, 0.29) is 12.0 Å². The van der Waals surface area contributed by atoms with Gasteiger partial charge in [-0.1, -0.05) is 0 Å². The molecule has 0 aliphatic carbocycles. The van der Waals surface area contributed by atoms with E-state index in [1.165, 1.54) is 0 Å². The van der Waals surface area contributed by atoms with E-state index in [0.29, 0.717) is 6.07 Å². The Morgan fingerprint density at radius 3 is 2.50 bits per heavy atom. The van der Waals surface area contributed by atoms with Crippen LogP contribution in [0.4, 0.5) is 18.9 Å². The molecular weight excluding hydrogens is 281 g/mol. The first-order valence-corrected chi connectivity index (χ1v) is 5.34. The first kappa shape index (κ1) is 15.9. The van der Waals surface area contributed by atoms with Crippen LogP contribution in [0.1, 0.15) is 11.1 Å². The fourth-order valence-electron chi connectivity index (χ4n) is 1.55. The summed E-state index contributed by atoms with van der Waals surface area (Å²) in [4.78, 5) is 20.8.